The molecular formula is C16H13F3N2O3. The highest BCUT2D eigenvalue weighted by atomic mass is 19.4. The van der Waals surface area contributed by atoms with E-state index in [0.717, 1.165) is 0 Å². The van der Waals surface area contributed by atoms with Gasteiger partial charge >= 0.3 is 6.36 Å². The van der Waals surface area contributed by atoms with Crippen molar-refractivity contribution >= 4 is 11.9 Å². The quantitative estimate of drug-likeness (QED) is 0.505. The number of rotatable bonds is 5. The van der Waals surface area contributed by atoms with Crippen LogP contribution in [0.5, 0.6) is 11.5 Å². The van der Waals surface area contributed by atoms with Crippen molar-refractivity contribution in [1.29, 1.82) is 0 Å². The number of ether oxygens (including phenoxy) is 1. The van der Waals surface area contributed by atoms with E-state index in [0.29, 0.717) is 22.6 Å². The third-order valence-electron chi connectivity index (χ3n) is 2.88. The Kier molecular flexibility index (Phi) is 5.41. The average Bonchev–Trinajstić information content (AvgIpc) is 2.53. The molecule has 2 aromatic carbocycles. The summed E-state index contributed by atoms with van der Waals surface area (Å²) in [6.07, 6.45) is -3.45. The zero-order valence-electron chi connectivity index (χ0n) is 12.5. The Labute approximate surface area is 135 Å². The lowest BCUT2D eigenvalue weighted by atomic mass is 10.1. The van der Waals surface area contributed by atoms with E-state index in [4.69, 9.17) is 10.0 Å². The largest absolute Gasteiger partial charge is 0.573 e. The van der Waals surface area contributed by atoms with Gasteiger partial charge in [0.05, 0.1) is 11.9 Å². The maximum absolute atomic E-state index is 12.1. The van der Waals surface area contributed by atoms with E-state index in [9.17, 15) is 13.2 Å². The average molecular weight is 338 g/mol. The molecule has 5 nitrogen and oxygen atoms in total. The summed E-state index contributed by atoms with van der Waals surface area (Å²) >= 11 is 0. The zero-order chi connectivity index (χ0) is 17.6. The Morgan fingerprint density at radius 3 is 2.12 bits per heavy atom. The first kappa shape index (κ1) is 17.3. The number of nitrogens with zero attached hydrogens (tertiary/aromatic N) is 2. The van der Waals surface area contributed by atoms with E-state index in [1.54, 1.807) is 31.2 Å². The summed E-state index contributed by atoms with van der Waals surface area (Å²) in [7, 11) is 0. The Morgan fingerprint density at radius 2 is 1.58 bits per heavy atom. The van der Waals surface area contributed by atoms with Gasteiger partial charge < -0.3 is 14.8 Å². The van der Waals surface area contributed by atoms with Gasteiger partial charge in [-0.1, -0.05) is 10.3 Å². The predicted octanol–water partition coefficient (Wildman–Crippen LogP) is 4.20. The molecule has 1 N–H and O–H groups in total. The molecule has 0 amide bonds. The minimum absolute atomic E-state index is 0.305. The molecule has 2 aromatic rings. The molecule has 0 bridgehead atoms. The Balaban J connectivity index is 2.02. The molecule has 0 saturated carbocycles. The van der Waals surface area contributed by atoms with Gasteiger partial charge in [-0.25, -0.2) is 0 Å². The lowest BCUT2D eigenvalue weighted by Crippen LogP contribution is -2.17. The number of benzene rings is 2. The Morgan fingerprint density at radius 1 is 1.00 bits per heavy atom. The van der Waals surface area contributed by atoms with Crippen molar-refractivity contribution in [2.75, 3.05) is 0 Å². The summed E-state index contributed by atoms with van der Waals surface area (Å²) in [4.78, 5) is 5.24. The van der Waals surface area contributed by atoms with Crippen molar-refractivity contribution in [2.45, 2.75) is 13.3 Å². The van der Waals surface area contributed by atoms with Crippen LogP contribution in [-0.4, -0.2) is 23.5 Å². The number of alkyl halides is 3. The molecule has 0 heterocycles. The Hall–Kier alpha value is -3.03. The molecule has 8 heteroatoms. The van der Waals surface area contributed by atoms with Gasteiger partial charge in [-0.05, 0) is 66.6 Å². The lowest BCUT2D eigenvalue weighted by molar-refractivity contribution is -0.274. The minimum atomic E-state index is -4.72. The smallest absolute Gasteiger partial charge is 0.411 e. The van der Waals surface area contributed by atoms with Gasteiger partial charge in [0.1, 0.15) is 5.75 Å². The van der Waals surface area contributed by atoms with Crippen molar-refractivity contribution in [3.8, 4) is 11.5 Å². The van der Waals surface area contributed by atoms with Crippen LogP contribution in [0.1, 0.15) is 18.1 Å². The molecule has 0 aromatic heterocycles. The predicted molar refractivity (Wildman–Crippen MR) is 81.8 cm³/mol. The molecule has 0 aliphatic heterocycles. The van der Waals surface area contributed by atoms with Gasteiger partial charge in [0.2, 0.25) is 0 Å². The third kappa shape index (κ3) is 5.31. The van der Waals surface area contributed by atoms with Crippen LogP contribution >= 0.6 is 0 Å². The van der Waals surface area contributed by atoms with Gasteiger partial charge in [-0.15, -0.1) is 13.2 Å². The number of oxime groups is 2. The molecular weight excluding hydrogens is 325 g/mol. The molecule has 126 valence electrons. The molecule has 0 aliphatic rings. The summed E-state index contributed by atoms with van der Waals surface area (Å²) in [6, 6.07) is 11.9. The second-order valence-corrected chi connectivity index (χ2v) is 4.65. The van der Waals surface area contributed by atoms with Gasteiger partial charge in [-0.2, -0.15) is 0 Å². The molecule has 0 atom stereocenters. The maximum Gasteiger partial charge on any atom is 0.573 e. The zero-order valence-corrected chi connectivity index (χ0v) is 12.5. The third-order valence-corrected chi connectivity index (χ3v) is 2.88. The van der Waals surface area contributed by atoms with Crippen LogP contribution in [-0.2, 0) is 0 Å². The summed E-state index contributed by atoms with van der Waals surface area (Å²) in [5.41, 5.74) is 1.76. The summed E-state index contributed by atoms with van der Waals surface area (Å²) in [5.74, 6) is 0.155. The van der Waals surface area contributed by atoms with Crippen molar-refractivity contribution in [3.05, 3.63) is 59.7 Å². The van der Waals surface area contributed by atoms with Crippen LogP contribution in [0.15, 0.2) is 58.8 Å². The fraction of sp³-hybridized carbons (Fsp3) is 0.125. The number of halogens is 3. The number of hydrogen-bond donors (Lipinski definition) is 1. The fourth-order valence-electron chi connectivity index (χ4n) is 1.75. The fourth-order valence-corrected chi connectivity index (χ4v) is 1.75. The highest BCUT2D eigenvalue weighted by Gasteiger charge is 2.30. The van der Waals surface area contributed by atoms with Gasteiger partial charge in [0, 0.05) is 0 Å². The molecule has 2 rings (SSSR count). The van der Waals surface area contributed by atoms with Gasteiger partial charge in [-0.3, -0.25) is 0 Å². The monoisotopic (exact) mass is 338 g/mol. The van der Waals surface area contributed by atoms with Crippen LogP contribution < -0.4 is 9.57 Å². The van der Waals surface area contributed by atoms with Crippen LogP contribution in [0.2, 0.25) is 0 Å². The first-order valence-corrected chi connectivity index (χ1v) is 6.73. The van der Waals surface area contributed by atoms with Crippen LogP contribution in [0.4, 0.5) is 13.2 Å². The van der Waals surface area contributed by atoms with Crippen molar-refractivity contribution in [3.63, 3.8) is 0 Å². The van der Waals surface area contributed by atoms with E-state index >= 15 is 0 Å². The van der Waals surface area contributed by atoms with Gasteiger partial charge in [0.25, 0.3) is 0 Å². The standard InChI is InChI=1S/C16H13F3N2O3/c1-11(13-4-8-14(9-5-13)23-16(17,18)19)21-24-15-6-2-12(3-7-15)10-20-22/h2-10,22H,1H3/b20-10+,21-11+. The van der Waals surface area contributed by atoms with E-state index < -0.39 is 6.36 Å². The minimum Gasteiger partial charge on any atom is -0.411 e. The van der Waals surface area contributed by atoms with Crippen LogP contribution in [0.3, 0.4) is 0 Å². The highest BCUT2D eigenvalue weighted by Crippen LogP contribution is 2.23. The maximum atomic E-state index is 12.1. The van der Waals surface area contributed by atoms with E-state index in [1.165, 1.54) is 30.5 Å². The molecule has 0 fully saturated rings. The molecule has 0 radical (unpaired) electrons. The van der Waals surface area contributed by atoms with Gasteiger partial charge in [0.15, 0.2) is 5.75 Å². The van der Waals surface area contributed by atoms with E-state index in [-0.39, 0.29) is 5.75 Å². The first-order chi connectivity index (χ1) is 11.4. The van der Waals surface area contributed by atoms with Crippen LogP contribution in [0.25, 0.3) is 0 Å². The molecule has 0 unspecified atom stereocenters. The molecule has 24 heavy (non-hydrogen) atoms. The molecule has 0 spiro atoms. The van der Waals surface area contributed by atoms with E-state index in [1.807, 2.05) is 0 Å². The molecule has 0 saturated heterocycles. The second kappa shape index (κ2) is 7.49. The second-order valence-electron chi connectivity index (χ2n) is 4.65. The van der Waals surface area contributed by atoms with Crippen LogP contribution in [0, 0.1) is 0 Å². The van der Waals surface area contributed by atoms with Crippen molar-refractivity contribution < 1.29 is 28.0 Å². The summed E-state index contributed by atoms with van der Waals surface area (Å²) in [6.45, 7) is 1.66. The topological polar surface area (TPSA) is 63.4 Å². The lowest BCUT2D eigenvalue weighted by Gasteiger charge is -2.09. The Bertz CT molecular complexity index is 724. The van der Waals surface area contributed by atoms with Crippen molar-refractivity contribution in [2.24, 2.45) is 10.3 Å². The first-order valence-electron chi connectivity index (χ1n) is 6.73. The normalized spacial score (nSPS) is 12.4. The highest BCUT2D eigenvalue weighted by molar-refractivity contribution is 5.98. The number of hydrogen-bond acceptors (Lipinski definition) is 5. The summed E-state index contributed by atoms with van der Waals surface area (Å²) < 4.78 is 40.1. The summed E-state index contributed by atoms with van der Waals surface area (Å²) in [5, 5.41) is 15.2. The SMILES string of the molecule is C/C(=N\Oc1ccc(/C=N/O)cc1)c1ccc(OC(F)(F)F)cc1. The van der Waals surface area contributed by atoms with E-state index in [2.05, 4.69) is 15.0 Å². The molecule has 0 aliphatic carbocycles. The van der Waals surface area contributed by atoms with Crippen molar-refractivity contribution in [1.82, 2.24) is 0 Å².